The van der Waals surface area contributed by atoms with Crippen LogP contribution in [-0.2, 0) is 42.8 Å². The normalized spacial score (nSPS) is 31.7. The van der Waals surface area contributed by atoms with Crippen molar-refractivity contribution in [2.75, 3.05) is 47.2 Å². The van der Waals surface area contributed by atoms with Gasteiger partial charge in [0.2, 0.25) is 11.8 Å². The summed E-state index contributed by atoms with van der Waals surface area (Å²) in [6.45, 7) is -0.125. The zero-order valence-electron chi connectivity index (χ0n) is 27.2. The van der Waals surface area contributed by atoms with E-state index in [0.717, 1.165) is 0 Å². The Morgan fingerprint density at radius 2 is 1.30 bits per heavy atom. The van der Waals surface area contributed by atoms with Crippen LogP contribution in [0.2, 0.25) is 0 Å². The highest BCUT2D eigenvalue weighted by atomic mass is 16.7. The number of hydrogen-bond acceptors (Lipinski definition) is 15. The summed E-state index contributed by atoms with van der Waals surface area (Å²) in [6.07, 6.45) is -6.26. The fourth-order valence-electron chi connectivity index (χ4n) is 5.37. The monoisotopic (exact) mass is 682 g/mol. The van der Waals surface area contributed by atoms with E-state index in [4.69, 9.17) is 28.4 Å². The molecular formula is C30H54N2O15. The van der Waals surface area contributed by atoms with E-state index in [1.165, 1.54) is 14.2 Å². The molecule has 0 spiro atoms. The third-order valence-electron chi connectivity index (χ3n) is 8.12. The minimum atomic E-state index is -1.53. The number of ether oxygens (including phenoxy) is 6. The van der Waals surface area contributed by atoms with Gasteiger partial charge in [-0.25, -0.2) is 0 Å². The third-order valence-corrected chi connectivity index (χ3v) is 8.12. The van der Waals surface area contributed by atoms with Gasteiger partial charge in [-0.1, -0.05) is 0 Å². The lowest BCUT2D eigenvalue weighted by molar-refractivity contribution is -0.308. The van der Waals surface area contributed by atoms with Crippen LogP contribution in [-0.4, -0.2) is 163 Å². The summed E-state index contributed by atoms with van der Waals surface area (Å²) < 4.78 is 32.5. The van der Waals surface area contributed by atoms with Gasteiger partial charge in [-0.15, -0.1) is 0 Å². The Morgan fingerprint density at radius 1 is 0.723 bits per heavy atom. The van der Waals surface area contributed by atoms with Gasteiger partial charge >= 0.3 is 0 Å². The molecular weight excluding hydrogens is 628 g/mol. The van der Waals surface area contributed by atoms with E-state index in [0.29, 0.717) is 57.8 Å². The largest absolute Gasteiger partial charge is 0.394 e. The molecule has 17 nitrogen and oxygen atoms in total. The molecule has 0 saturated carbocycles. The van der Waals surface area contributed by atoms with Crippen LogP contribution in [0.1, 0.15) is 57.8 Å². The van der Waals surface area contributed by atoms with E-state index in [2.05, 4.69) is 10.6 Å². The van der Waals surface area contributed by atoms with Crippen molar-refractivity contribution in [1.29, 1.82) is 0 Å². The Kier molecular flexibility index (Phi) is 20.0. The van der Waals surface area contributed by atoms with Crippen LogP contribution in [0.25, 0.3) is 0 Å². The summed E-state index contributed by atoms with van der Waals surface area (Å²) >= 11 is 0. The van der Waals surface area contributed by atoms with Crippen LogP contribution < -0.4 is 10.6 Å². The van der Waals surface area contributed by atoms with Crippen LogP contribution in [0.15, 0.2) is 0 Å². The zero-order chi connectivity index (χ0) is 34.8. The summed E-state index contributed by atoms with van der Waals surface area (Å²) in [5.41, 5.74) is 0. The number of carbonyl (C=O) groups is 3. The summed E-state index contributed by atoms with van der Waals surface area (Å²) in [4.78, 5) is 35.8. The molecule has 2 rings (SSSR count). The molecule has 2 aliphatic rings. The predicted octanol–water partition coefficient (Wildman–Crippen LogP) is -2.76. The van der Waals surface area contributed by atoms with Crippen molar-refractivity contribution in [2.45, 2.75) is 125 Å². The van der Waals surface area contributed by atoms with Gasteiger partial charge in [0.25, 0.3) is 0 Å². The lowest BCUT2D eigenvalue weighted by atomic mass is 9.99. The number of amides is 2. The molecule has 17 heteroatoms. The van der Waals surface area contributed by atoms with E-state index in [1.54, 1.807) is 0 Å². The van der Waals surface area contributed by atoms with E-state index >= 15 is 0 Å². The molecule has 2 saturated heterocycles. The fourth-order valence-corrected chi connectivity index (χ4v) is 5.37. The van der Waals surface area contributed by atoms with Gasteiger partial charge < -0.3 is 74.5 Å². The van der Waals surface area contributed by atoms with Crippen molar-refractivity contribution >= 4 is 18.1 Å². The number of nitrogens with one attached hydrogen (secondary N) is 2. The third kappa shape index (κ3) is 13.5. The van der Waals surface area contributed by atoms with E-state index in [-0.39, 0.29) is 44.5 Å². The molecule has 2 heterocycles. The van der Waals surface area contributed by atoms with Crippen LogP contribution >= 0.6 is 0 Å². The number of aliphatic hydroxyl groups is 6. The number of aliphatic hydroxyl groups excluding tert-OH is 6. The highest BCUT2D eigenvalue weighted by Gasteiger charge is 2.46. The Morgan fingerprint density at radius 3 is 1.87 bits per heavy atom. The molecule has 0 aromatic carbocycles. The van der Waals surface area contributed by atoms with Crippen LogP contribution in [0, 0.1) is 0 Å². The van der Waals surface area contributed by atoms with Crippen LogP contribution in [0.3, 0.4) is 0 Å². The highest BCUT2D eigenvalue weighted by Crippen LogP contribution is 2.26. The van der Waals surface area contributed by atoms with E-state index in [1.807, 2.05) is 0 Å². The van der Waals surface area contributed by atoms with Gasteiger partial charge in [0, 0.05) is 46.8 Å². The maximum absolute atomic E-state index is 12.2. The minimum absolute atomic E-state index is 0.100. The molecule has 0 radical (unpaired) electrons. The SMILES string of the molecule is COC1C(CO)OC(OCCCCC(=O)NCCCCC(C=O)NC(=O)CCCCOC2OC(CO)C(O)C(O)C2O)C(O)C1OC. The molecule has 2 aliphatic heterocycles. The molecule has 47 heavy (non-hydrogen) atoms. The Balaban J connectivity index is 1.50. The number of methoxy groups -OCH3 is 2. The summed E-state index contributed by atoms with van der Waals surface area (Å²) in [6, 6.07) is -0.651. The van der Waals surface area contributed by atoms with Crippen molar-refractivity contribution in [1.82, 2.24) is 10.6 Å². The first-order valence-electron chi connectivity index (χ1n) is 16.2. The predicted molar refractivity (Wildman–Crippen MR) is 162 cm³/mol. The van der Waals surface area contributed by atoms with Crippen molar-refractivity contribution in [3.63, 3.8) is 0 Å². The smallest absolute Gasteiger partial charge is 0.220 e. The molecule has 274 valence electrons. The van der Waals surface area contributed by atoms with Gasteiger partial charge in [0.15, 0.2) is 12.6 Å². The second-order valence-electron chi connectivity index (χ2n) is 11.6. The Labute approximate surface area is 274 Å². The first-order chi connectivity index (χ1) is 22.6. The second-order valence-corrected chi connectivity index (χ2v) is 11.6. The Hall–Kier alpha value is -1.87. The number of rotatable bonds is 23. The molecule has 11 unspecified atom stereocenters. The molecule has 0 bridgehead atoms. The number of aldehydes is 1. The van der Waals surface area contributed by atoms with Gasteiger partial charge in [-0.05, 0) is 44.9 Å². The number of carbonyl (C=O) groups excluding carboxylic acids is 3. The molecule has 2 amide bonds. The van der Waals surface area contributed by atoms with Gasteiger partial charge in [0.1, 0.15) is 55.1 Å². The summed E-state index contributed by atoms with van der Waals surface area (Å²) in [7, 11) is 2.87. The zero-order valence-corrected chi connectivity index (χ0v) is 27.2. The second kappa shape index (κ2) is 22.7. The molecule has 0 aliphatic carbocycles. The fraction of sp³-hybridized carbons (Fsp3) is 0.900. The molecule has 2 fully saturated rings. The summed E-state index contributed by atoms with van der Waals surface area (Å²) in [5.74, 6) is -0.430. The lowest BCUT2D eigenvalue weighted by Gasteiger charge is -2.42. The van der Waals surface area contributed by atoms with Crippen molar-refractivity contribution < 1.29 is 73.4 Å². The van der Waals surface area contributed by atoms with Gasteiger partial charge in [0.05, 0.1) is 19.3 Å². The van der Waals surface area contributed by atoms with Crippen LogP contribution in [0.5, 0.6) is 0 Å². The highest BCUT2D eigenvalue weighted by molar-refractivity contribution is 5.79. The average Bonchev–Trinajstić information content (AvgIpc) is 3.07. The molecule has 8 N–H and O–H groups in total. The number of hydrogen-bond donors (Lipinski definition) is 8. The van der Waals surface area contributed by atoms with Gasteiger partial charge in [-0.2, -0.15) is 0 Å². The summed E-state index contributed by atoms with van der Waals surface area (Å²) in [5, 5.41) is 64.3. The maximum atomic E-state index is 12.2. The molecule has 0 aromatic rings. The van der Waals surface area contributed by atoms with Crippen molar-refractivity contribution in [3.8, 4) is 0 Å². The van der Waals surface area contributed by atoms with E-state index < -0.39 is 74.1 Å². The maximum Gasteiger partial charge on any atom is 0.220 e. The standard InChI is InChI=1S/C30H54N2O15/c1-42-27-20(17-35)47-30(26(41)28(27)43-2)45-14-7-4-10-21(36)31-12-6-3-9-18(15-33)32-22(37)11-5-8-13-44-29-25(40)24(39)23(38)19(16-34)46-29/h15,18-20,23-30,34-35,38-41H,3-14,16-17H2,1-2H3,(H,31,36)(H,32,37). The van der Waals surface area contributed by atoms with Crippen molar-refractivity contribution in [3.05, 3.63) is 0 Å². The minimum Gasteiger partial charge on any atom is -0.394 e. The quantitative estimate of drug-likeness (QED) is 0.0401. The van der Waals surface area contributed by atoms with Gasteiger partial charge in [-0.3, -0.25) is 9.59 Å². The number of unbranched alkanes of at least 4 members (excludes halogenated alkanes) is 3. The van der Waals surface area contributed by atoms with Crippen molar-refractivity contribution in [2.24, 2.45) is 0 Å². The van der Waals surface area contributed by atoms with E-state index in [9.17, 15) is 45.0 Å². The first-order valence-corrected chi connectivity index (χ1v) is 16.2. The van der Waals surface area contributed by atoms with Crippen LogP contribution in [0.4, 0.5) is 0 Å². The Bertz CT molecular complexity index is 899. The first kappa shape index (κ1) is 41.3. The molecule has 11 atom stereocenters. The topological polar surface area (TPSA) is 252 Å². The lowest BCUT2D eigenvalue weighted by Crippen LogP contribution is -2.60. The average molecular weight is 683 g/mol. The molecule has 0 aromatic heterocycles.